The Morgan fingerprint density at radius 3 is 2.71 bits per heavy atom. The molecule has 1 amide bonds. The Labute approximate surface area is 126 Å². The van der Waals surface area contributed by atoms with Crippen LogP contribution in [0.15, 0.2) is 18.2 Å². The van der Waals surface area contributed by atoms with Crippen molar-refractivity contribution in [3.8, 4) is 0 Å². The fourth-order valence-corrected chi connectivity index (χ4v) is 4.21. The van der Waals surface area contributed by atoms with Crippen LogP contribution in [0.4, 0.5) is 5.69 Å². The summed E-state index contributed by atoms with van der Waals surface area (Å²) in [7, 11) is -3.01. The zero-order chi connectivity index (χ0) is 15.6. The molecule has 0 radical (unpaired) electrons. The highest BCUT2D eigenvalue weighted by atomic mass is 32.2. The van der Waals surface area contributed by atoms with Crippen molar-refractivity contribution in [1.29, 1.82) is 0 Å². The number of benzene rings is 1. The first kappa shape index (κ1) is 15.8. The van der Waals surface area contributed by atoms with Crippen LogP contribution in [-0.4, -0.2) is 49.9 Å². The van der Waals surface area contributed by atoms with E-state index >= 15 is 0 Å². The van der Waals surface area contributed by atoms with Gasteiger partial charge in [0.15, 0.2) is 9.84 Å². The van der Waals surface area contributed by atoms with Crippen LogP contribution in [0.25, 0.3) is 0 Å². The van der Waals surface area contributed by atoms with Crippen molar-refractivity contribution in [3.63, 3.8) is 0 Å². The summed E-state index contributed by atoms with van der Waals surface area (Å²) in [5.41, 5.74) is 2.64. The van der Waals surface area contributed by atoms with E-state index in [4.69, 9.17) is 0 Å². The summed E-state index contributed by atoms with van der Waals surface area (Å²) in [6, 6.07) is 5.28. The summed E-state index contributed by atoms with van der Waals surface area (Å²) in [4.78, 5) is 14.2. The summed E-state index contributed by atoms with van der Waals surface area (Å²) in [5, 5.41) is 3.24. The quantitative estimate of drug-likeness (QED) is 0.922. The molecule has 1 saturated heterocycles. The van der Waals surface area contributed by atoms with E-state index < -0.39 is 9.84 Å². The second-order valence-corrected chi connectivity index (χ2v) is 7.75. The average molecular weight is 310 g/mol. The minimum absolute atomic E-state index is 0.0488. The van der Waals surface area contributed by atoms with Crippen LogP contribution in [0.1, 0.15) is 29.8 Å². The van der Waals surface area contributed by atoms with Crippen LogP contribution in [-0.2, 0) is 9.84 Å². The molecule has 1 aromatic carbocycles. The zero-order valence-electron chi connectivity index (χ0n) is 12.7. The summed E-state index contributed by atoms with van der Waals surface area (Å²) in [6.45, 7) is 6.87. The molecule has 1 N–H and O–H groups in total. The molecular formula is C15H22N2O3S. The first-order valence-corrected chi connectivity index (χ1v) is 9.02. The second kappa shape index (κ2) is 6.05. The van der Waals surface area contributed by atoms with Crippen molar-refractivity contribution in [1.82, 2.24) is 4.90 Å². The van der Waals surface area contributed by atoms with E-state index in [2.05, 4.69) is 5.32 Å². The lowest BCUT2D eigenvalue weighted by Crippen LogP contribution is -2.49. The molecule has 1 aliphatic rings. The number of nitrogens with one attached hydrogen (secondary N) is 1. The third kappa shape index (κ3) is 3.56. The highest BCUT2D eigenvalue weighted by Gasteiger charge is 2.31. The summed E-state index contributed by atoms with van der Waals surface area (Å²) in [5.74, 6) is 0.00798. The van der Waals surface area contributed by atoms with E-state index in [9.17, 15) is 13.2 Å². The van der Waals surface area contributed by atoms with Crippen LogP contribution in [0.5, 0.6) is 0 Å². The molecule has 21 heavy (non-hydrogen) atoms. The van der Waals surface area contributed by atoms with Gasteiger partial charge < -0.3 is 10.2 Å². The topological polar surface area (TPSA) is 66.5 Å². The van der Waals surface area contributed by atoms with Gasteiger partial charge in [0, 0.05) is 30.4 Å². The van der Waals surface area contributed by atoms with Gasteiger partial charge in [0.05, 0.1) is 11.5 Å². The van der Waals surface area contributed by atoms with Crippen LogP contribution in [0.3, 0.4) is 0 Å². The van der Waals surface area contributed by atoms with Crippen molar-refractivity contribution in [2.75, 3.05) is 29.9 Å². The van der Waals surface area contributed by atoms with Gasteiger partial charge in [-0.25, -0.2) is 8.42 Å². The molecule has 1 unspecified atom stereocenters. The zero-order valence-corrected chi connectivity index (χ0v) is 13.5. The van der Waals surface area contributed by atoms with Gasteiger partial charge in [-0.3, -0.25) is 4.79 Å². The van der Waals surface area contributed by atoms with Gasteiger partial charge >= 0.3 is 0 Å². The van der Waals surface area contributed by atoms with Crippen LogP contribution < -0.4 is 5.32 Å². The van der Waals surface area contributed by atoms with Gasteiger partial charge in [-0.15, -0.1) is 0 Å². The molecule has 0 aliphatic carbocycles. The SMILES string of the molecule is CCNc1ccc(C(=O)N2CCS(=O)(=O)CC2C)cc1C. The average Bonchev–Trinajstić information content (AvgIpc) is 2.39. The van der Waals surface area contributed by atoms with E-state index in [1.165, 1.54) is 0 Å². The lowest BCUT2D eigenvalue weighted by Gasteiger charge is -2.33. The molecule has 0 saturated carbocycles. The maximum Gasteiger partial charge on any atom is 0.254 e. The molecule has 5 nitrogen and oxygen atoms in total. The van der Waals surface area contributed by atoms with Gasteiger partial charge in [-0.1, -0.05) is 0 Å². The van der Waals surface area contributed by atoms with E-state index in [1.807, 2.05) is 26.0 Å². The van der Waals surface area contributed by atoms with E-state index in [0.29, 0.717) is 5.56 Å². The number of nitrogens with zero attached hydrogens (tertiary/aromatic N) is 1. The third-order valence-electron chi connectivity index (χ3n) is 3.77. The lowest BCUT2D eigenvalue weighted by molar-refractivity contribution is 0.0712. The van der Waals surface area contributed by atoms with Gasteiger partial charge in [-0.05, 0) is 44.5 Å². The summed E-state index contributed by atoms with van der Waals surface area (Å²) >= 11 is 0. The summed E-state index contributed by atoms with van der Waals surface area (Å²) in [6.07, 6.45) is 0. The molecule has 0 bridgehead atoms. The smallest absolute Gasteiger partial charge is 0.254 e. The standard InChI is InChI=1S/C15H22N2O3S/c1-4-16-14-6-5-13(9-11(14)2)15(18)17-7-8-21(19,20)10-12(17)3/h5-6,9,12,16H,4,7-8,10H2,1-3H3. The first-order chi connectivity index (χ1) is 9.84. The second-order valence-electron chi connectivity index (χ2n) is 5.52. The van der Waals surface area contributed by atoms with Crippen molar-refractivity contribution in [2.24, 2.45) is 0 Å². The molecule has 2 rings (SSSR count). The minimum atomic E-state index is -3.01. The Hall–Kier alpha value is -1.56. The largest absolute Gasteiger partial charge is 0.385 e. The van der Waals surface area contributed by atoms with E-state index in [0.717, 1.165) is 17.8 Å². The number of carbonyl (C=O) groups is 1. The fraction of sp³-hybridized carbons (Fsp3) is 0.533. The number of sulfone groups is 1. The number of rotatable bonds is 3. The van der Waals surface area contributed by atoms with Crippen LogP contribution in [0.2, 0.25) is 0 Å². The summed E-state index contributed by atoms with van der Waals surface area (Å²) < 4.78 is 23.2. The van der Waals surface area contributed by atoms with Crippen molar-refractivity contribution in [3.05, 3.63) is 29.3 Å². The molecule has 116 valence electrons. The Kier molecular flexibility index (Phi) is 4.56. The maximum atomic E-state index is 12.6. The highest BCUT2D eigenvalue weighted by Crippen LogP contribution is 2.20. The Morgan fingerprint density at radius 1 is 1.43 bits per heavy atom. The first-order valence-electron chi connectivity index (χ1n) is 7.20. The number of amides is 1. The van der Waals surface area contributed by atoms with E-state index in [1.54, 1.807) is 17.9 Å². The maximum absolute atomic E-state index is 12.6. The highest BCUT2D eigenvalue weighted by molar-refractivity contribution is 7.91. The molecule has 1 aromatic rings. The number of aryl methyl sites for hydroxylation is 1. The Balaban J connectivity index is 2.19. The van der Waals surface area contributed by atoms with Crippen molar-refractivity contribution in [2.45, 2.75) is 26.8 Å². The molecule has 1 atom stereocenters. The van der Waals surface area contributed by atoms with Crippen molar-refractivity contribution >= 4 is 21.4 Å². The molecule has 1 heterocycles. The lowest BCUT2D eigenvalue weighted by atomic mass is 10.1. The molecular weight excluding hydrogens is 288 g/mol. The minimum Gasteiger partial charge on any atom is -0.385 e. The predicted molar refractivity (Wildman–Crippen MR) is 84.5 cm³/mol. The normalized spacial score (nSPS) is 21.1. The van der Waals surface area contributed by atoms with Crippen LogP contribution in [0, 0.1) is 6.92 Å². The molecule has 0 spiro atoms. The van der Waals surface area contributed by atoms with Crippen LogP contribution >= 0.6 is 0 Å². The van der Waals surface area contributed by atoms with Crippen molar-refractivity contribution < 1.29 is 13.2 Å². The number of hydrogen-bond donors (Lipinski definition) is 1. The van der Waals surface area contributed by atoms with Gasteiger partial charge in [0.25, 0.3) is 5.91 Å². The monoisotopic (exact) mass is 310 g/mol. The number of anilines is 1. The fourth-order valence-electron chi connectivity index (χ4n) is 2.65. The van der Waals surface area contributed by atoms with Gasteiger partial charge in [0.2, 0.25) is 0 Å². The van der Waals surface area contributed by atoms with Gasteiger partial charge in [-0.2, -0.15) is 0 Å². The third-order valence-corrected chi connectivity index (χ3v) is 5.57. The molecule has 6 heteroatoms. The number of hydrogen-bond acceptors (Lipinski definition) is 4. The Morgan fingerprint density at radius 2 is 2.14 bits per heavy atom. The Bertz CT molecular complexity index is 640. The van der Waals surface area contributed by atoms with Gasteiger partial charge in [0.1, 0.15) is 0 Å². The van der Waals surface area contributed by atoms with E-state index in [-0.39, 0.29) is 30.0 Å². The molecule has 1 aliphatic heterocycles. The number of carbonyl (C=O) groups excluding carboxylic acids is 1. The molecule has 0 aromatic heterocycles. The molecule has 1 fully saturated rings. The predicted octanol–water partition coefficient (Wildman–Crippen LogP) is 1.69.